The number of ether oxygens (including phenoxy) is 1. The fourth-order valence-electron chi connectivity index (χ4n) is 4.54. The van der Waals surface area contributed by atoms with Crippen LogP contribution in [0.1, 0.15) is 52.4 Å². The van der Waals surface area contributed by atoms with E-state index in [-0.39, 0.29) is 35.0 Å². The van der Waals surface area contributed by atoms with Crippen molar-refractivity contribution in [1.82, 2.24) is 15.1 Å². The van der Waals surface area contributed by atoms with Crippen LogP contribution in [0.3, 0.4) is 0 Å². The van der Waals surface area contributed by atoms with Gasteiger partial charge in [-0.3, -0.25) is 4.79 Å². The number of benzene rings is 3. The Balaban J connectivity index is 1.38. The second kappa shape index (κ2) is 11.4. The van der Waals surface area contributed by atoms with Gasteiger partial charge in [0.1, 0.15) is 11.5 Å². The SMILES string of the molecule is COc1ccc(CNC(=O)n2nc(-c3cc(NC(=O)c4cccc(C(F)(F)F)c4)ccc3O)cc2C2CCC2)cc1. The Hall–Kier alpha value is -4.80. The highest BCUT2D eigenvalue weighted by atomic mass is 19.4. The highest BCUT2D eigenvalue weighted by Gasteiger charge is 2.31. The summed E-state index contributed by atoms with van der Waals surface area (Å²) in [4.78, 5) is 25.9. The molecule has 212 valence electrons. The Morgan fingerprint density at radius 3 is 2.46 bits per heavy atom. The Bertz CT molecular complexity index is 1580. The number of nitrogens with zero attached hydrogens (tertiary/aromatic N) is 2. The molecule has 1 heterocycles. The second-order valence-corrected chi connectivity index (χ2v) is 9.77. The van der Waals surface area contributed by atoms with E-state index in [4.69, 9.17) is 4.74 Å². The molecule has 1 saturated carbocycles. The highest BCUT2D eigenvalue weighted by Crippen LogP contribution is 2.39. The first-order chi connectivity index (χ1) is 19.6. The third-order valence-corrected chi connectivity index (χ3v) is 7.04. The van der Waals surface area contributed by atoms with Crippen molar-refractivity contribution < 1.29 is 32.6 Å². The van der Waals surface area contributed by atoms with Gasteiger partial charge in [-0.25, -0.2) is 4.79 Å². The van der Waals surface area contributed by atoms with Gasteiger partial charge in [0.05, 0.1) is 24.1 Å². The monoisotopic (exact) mass is 564 g/mol. The van der Waals surface area contributed by atoms with Crippen molar-refractivity contribution in [2.24, 2.45) is 0 Å². The first-order valence-electron chi connectivity index (χ1n) is 13.0. The second-order valence-electron chi connectivity index (χ2n) is 9.77. The summed E-state index contributed by atoms with van der Waals surface area (Å²) < 4.78 is 45.7. The van der Waals surface area contributed by atoms with E-state index in [2.05, 4.69) is 15.7 Å². The Morgan fingerprint density at radius 1 is 1.05 bits per heavy atom. The van der Waals surface area contributed by atoms with Crippen LogP contribution >= 0.6 is 0 Å². The van der Waals surface area contributed by atoms with Gasteiger partial charge >= 0.3 is 12.2 Å². The van der Waals surface area contributed by atoms with Gasteiger partial charge in [0, 0.05) is 29.3 Å². The summed E-state index contributed by atoms with van der Waals surface area (Å²) in [6.45, 7) is 0.268. The van der Waals surface area contributed by atoms with Crippen LogP contribution in [0.15, 0.2) is 72.8 Å². The molecule has 1 aliphatic carbocycles. The van der Waals surface area contributed by atoms with Crippen molar-refractivity contribution in [3.8, 4) is 22.8 Å². The van der Waals surface area contributed by atoms with Crippen molar-refractivity contribution in [3.05, 3.63) is 95.2 Å². The quantitative estimate of drug-likeness (QED) is 0.221. The van der Waals surface area contributed by atoms with Crippen molar-refractivity contribution >= 4 is 17.6 Å². The number of phenols is 1. The maximum atomic E-state index is 13.2. The van der Waals surface area contributed by atoms with Crippen LogP contribution in [0.5, 0.6) is 11.5 Å². The molecular weight excluding hydrogens is 537 g/mol. The number of methoxy groups -OCH3 is 1. The lowest BCUT2D eigenvalue weighted by Crippen LogP contribution is -2.31. The molecule has 1 aliphatic rings. The lowest BCUT2D eigenvalue weighted by atomic mass is 9.82. The fourth-order valence-corrected chi connectivity index (χ4v) is 4.54. The fraction of sp³-hybridized carbons (Fsp3) is 0.233. The largest absolute Gasteiger partial charge is 0.507 e. The molecule has 11 heteroatoms. The number of amides is 2. The smallest absolute Gasteiger partial charge is 0.416 e. The van der Waals surface area contributed by atoms with Gasteiger partial charge in [-0.05, 0) is 73.0 Å². The van der Waals surface area contributed by atoms with Crippen molar-refractivity contribution in [2.45, 2.75) is 37.9 Å². The summed E-state index contributed by atoms with van der Waals surface area (Å²) >= 11 is 0. The van der Waals surface area contributed by atoms with Crippen LogP contribution in [-0.2, 0) is 12.7 Å². The molecule has 0 saturated heterocycles. The van der Waals surface area contributed by atoms with Crippen molar-refractivity contribution in [1.29, 1.82) is 0 Å². The van der Waals surface area contributed by atoms with E-state index in [1.165, 1.54) is 28.9 Å². The third kappa shape index (κ3) is 6.19. The summed E-state index contributed by atoms with van der Waals surface area (Å²) in [7, 11) is 1.58. The molecule has 3 N–H and O–H groups in total. The molecule has 0 radical (unpaired) electrons. The first-order valence-corrected chi connectivity index (χ1v) is 13.0. The summed E-state index contributed by atoms with van der Waals surface area (Å²) in [6.07, 6.45) is -1.76. The summed E-state index contributed by atoms with van der Waals surface area (Å²) in [5.41, 5.74) is 1.29. The van der Waals surface area contributed by atoms with E-state index >= 15 is 0 Å². The van der Waals surface area contributed by atoms with Crippen LogP contribution in [0.4, 0.5) is 23.7 Å². The van der Waals surface area contributed by atoms with Crippen LogP contribution in [0.25, 0.3) is 11.3 Å². The zero-order valence-corrected chi connectivity index (χ0v) is 22.0. The zero-order chi connectivity index (χ0) is 29.1. The molecule has 0 atom stereocenters. The number of carbonyl (C=O) groups is 2. The Morgan fingerprint density at radius 2 is 1.80 bits per heavy atom. The maximum Gasteiger partial charge on any atom is 0.416 e. The number of aromatic nitrogens is 2. The number of carbonyl (C=O) groups excluding carboxylic acids is 2. The lowest BCUT2D eigenvalue weighted by molar-refractivity contribution is -0.137. The Labute approximate surface area is 233 Å². The van der Waals surface area contributed by atoms with Gasteiger partial charge in [0.25, 0.3) is 5.91 Å². The van der Waals surface area contributed by atoms with Crippen LogP contribution < -0.4 is 15.4 Å². The number of nitrogens with one attached hydrogen (secondary N) is 2. The van der Waals surface area contributed by atoms with Gasteiger partial charge in [-0.1, -0.05) is 24.6 Å². The van der Waals surface area contributed by atoms with Gasteiger partial charge in [-0.2, -0.15) is 23.0 Å². The van der Waals surface area contributed by atoms with E-state index in [1.807, 2.05) is 12.1 Å². The van der Waals surface area contributed by atoms with E-state index in [9.17, 15) is 27.9 Å². The minimum absolute atomic E-state index is 0.133. The summed E-state index contributed by atoms with van der Waals surface area (Å²) in [5, 5.41) is 20.5. The molecule has 2 amide bonds. The zero-order valence-electron chi connectivity index (χ0n) is 22.0. The van der Waals surface area contributed by atoms with Gasteiger partial charge < -0.3 is 20.5 Å². The number of hydrogen-bond donors (Lipinski definition) is 3. The number of rotatable bonds is 7. The molecule has 0 unspecified atom stereocenters. The molecule has 0 aliphatic heterocycles. The average Bonchev–Trinajstić information content (AvgIpc) is 3.36. The summed E-state index contributed by atoms with van der Waals surface area (Å²) in [5.74, 6) is -0.0390. The molecule has 1 fully saturated rings. The summed E-state index contributed by atoms with van der Waals surface area (Å²) in [6, 6.07) is 16.9. The molecular formula is C30H27F3N4O4. The standard InChI is InChI=1S/C30H27F3N4O4/c1-41-23-11-8-18(9-12-23)17-34-29(40)37-26(19-4-2-5-19)16-25(36-37)24-15-22(10-13-27(24)38)35-28(39)20-6-3-7-21(14-20)30(31,32)33/h3,6-16,19,38H,2,4-5,17H2,1H3,(H,34,40)(H,35,39). The predicted octanol–water partition coefficient (Wildman–Crippen LogP) is 6.56. The normalized spacial score (nSPS) is 13.4. The van der Waals surface area contributed by atoms with Gasteiger partial charge in [0.2, 0.25) is 0 Å². The molecule has 1 aromatic heterocycles. The predicted molar refractivity (Wildman–Crippen MR) is 146 cm³/mol. The average molecular weight is 565 g/mol. The van der Waals surface area contributed by atoms with Crippen molar-refractivity contribution in [3.63, 3.8) is 0 Å². The van der Waals surface area contributed by atoms with Gasteiger partial charge in [-0.15, -0.1) is 0 Å². The molecule has 3 aromatic carbocycles. The topological polar surface area (TPSA) is 105 Å². The lowest BCUT2D eigenvalue weighted by Gasteiger charge is -2.25. The molecule has 5 rings (SSSR count). The van der Waals surface area contributed by atoms with E-state index < -0.39 is 23.7 Å². The molecule has 0 bridgehead atoms. The number of hydrogen-bond acceptors (Lipinski definition) is 5. The van der Waals surface area contributed by atoms with Crippen LogP contribution in [-0.4, -0.2) is 33.9 Å². The molecule has 41 heavy (non-hydrogen) atoms. The van der Waals surface area contributed by atoms with Gasteiger partial charge in [0.15, 0.2) is 0 Å². The van der Waals surface area contributed by atoms with E-state index in [0.29, 0.717) is 17.1 Å². The number of aromatic hydroxyl groups is 1. The first kappa shape index (κ1) is 27.8. The molecule has 8 nitrogen and oxygen atoms in total. The van der Waals surface area contributed by atoms with Crippen molar-refractivity contribution in [2.75, 3.05) is 12.4 Å². The van der Waals surface area contributed by atoms with E-state index in [1.54, 1.807) is 25.3 Å². The third-order valence-electron chi connectivity index (χ3n) is 7.04. The Kier molecular flexibility index (Phi) is 7.69. The minimum atomic E-state index is -4.58. The number of anilines is 1. The molecule has 4 aromatic rings. The number of alkyl halides is 3. The molecule has 0 spiro atoms. The van der Waals surface area contributed by atoms with Crippen LogP contribution in [0, 0.1) is 0 Å². The van der Waals surface area contributed by atoms with E-state index in [0.717, 1.165) is 43.0 Å². The maximum absolute atomic E-state index is 13.2. The number of phenolic OH excluding ortho intramolecular Hbond substituents is 1. The highest BCUT2D eigenvalue weighted by molar-refractivity contribution is 6.04. The minimum Gasteiger partial charge on any atom is -0.507 e. The number of halogens is 3. The van der Waals surface area contributed by atoms with Crippen LogP contribution in [0.2, 0.25) is 0 Å².